The third-order valence-electron chi connectivity index (χ3n) is 4.63. The average Bonchev–Trinajstić information content (AvgIpc) is 3.25. The van der Waals surface area contributed by atoms with Crippen LogP contribution in [0.25, 0.3) is 0 Å². The number of nitrogens with one attached hydrogen (secondary N) is 2. The molecule has 2 N–H and O–H groups in total. The smallest absolute Gasteiger partial charge is 0.277 e. The number of nitrogens with zero attached hydrogens (tertiary/aromatic N) is 4. The molecular formula is C20H24Cl2N6O2. The van der Waals surface area contributed by atoms with Crippen molar-refractivity contribution in [1.82, 2.24) is 25.3 Å². The van der Waals surface area contributed by atoms with Crippen LogP contribution < -0.4 is 15.4 Å². The van der Waals surface area contributed by atoms with Crippen molar-refractivity contribution in [2.75, 3.05) is 18.4 Å². The fourth-order valence-electron chi connectivity index (χ4n) is 3.13. The van der Waals surface area contributed by atoms with Gasteiger partial charge < -0.3 is 15.4 Å². The largest absolute Gasteiger partial charge is 0.487 e. The van der Waals surface area contributed by atoms with Gasteiger partial charge in [-0.1, -0.05) is 17.3 Å². The molecule has 0 unspecified atom stereocenters. The van der Waals surface area contributed by atoms with Gasteiger partial charge in [0, 0.05) is 18.0 Å². The lowest BCUT2D eigenvalue weighted by molar-refractivity contribution is 0.102. The number of piperidine rings is 1. The molecular weight excluding hydrogens is 427 g/mol. The van der Waals surface area contributed by atoms with Crippen LogP contribution in [-0.2, 0) is 6.61 Å². The van der Waals surface area contributed by atoms with Gasteiger partial charge in [-0.2, -0.15) is 0 Å². The average molecular weight is 451 g/mol. The van der Waals surface area contributed by atoms with Crippen molar-refractivity contribution in [3.05, 3.63) is 66.2 Å². The lowest BCUT2D eigenvalue weighted by Gasteiger charge is -2.22. The Kier molecular flexibility index (Phi) is 9.04. The molecule has 0 radical (unpaired) electrons. The highest BCUT2D eigenvalue weighted by Gasteiger charge is 2.18. The van der Waals surface area contributed by atoms with E-state index in [1.54, 1.807) is 23.1 Å². The summed E-state index contributed by atoms with van der Waals surface area (Å²) in [6, 6.07) is 13.2. The Morgan fingerprint density at radius 2 is 2.00 bits per heavy atom. The minimum atomic E-state index is -0.290. The molecule has 1 aromatic carbocycles. The van der Waals surface area contributed by atoms with Crippen LogP contribution in [-0.4, -0.2) is 39.0 Å². The van der Waals surface area contributed by atoms with Crippen LogP contribution in [0.5, 0.6) is 5.75 Å². The van der Waals surface area contributed by atoms with E-state index in [1.807, 2.05) is 36.4 Å². The van der Waals surface area contributed by atoms with Crippen molar-refractivity contribution in [2.24, 2.45) is 0 Å². The third kappa shape index (κ3) is 6.16. The van der Waals surface area contributed by atoms with Crippen molar-refractivity contribution in [1.29, 1.82) is 0 Å². The van der Waals surface area contributed by atoms with E-state index >= 15 is 0 Å². The van der Waals surface area contributed by atoms with Crippen LogP contribution in [0.1, 0.15) is 35.1 Å². The Hall–Kier alpha value is -2.68. The predicted octanol–water partition coefficient (Wildman–Crippen LogP) is 3.27. The highest BCUT2D eigenvalue weighted by atomic mass is 35.5. The minimum absolute atomic E-state index is 0. The van der Waals surface area contributed by atoms with E-state index in [-0.39, 0.29) is 30.7 Å². The second-order valence-corrected chi connectivity index (χ2v) is 6.66. The van der Waals surface area contributed by atoms with Gasteiger partial charge in [0.15, 0.2) is 5.69 Å². The van der Waals surface area contributed by atoms with Gasteiger partial charge in [0.25, 0.3) is 5.91 Å². The summed E-state index contributed by atoms with van der Waals surface area (Å²) in [6.07, 6.45) is 5.42. The van der Waals surface area contributed by atoms with Crippen molar-refractivity contribution in [2.45, 2.75) is 25.5 Å². The van der Waals surface area contributed by atoms with Crippen LogP contribution >= 0.6 is 24.8 Å². The number of rotatable bonds is 6. The lowest BCUT2D eigenvalue weighted by atomic mass is 10.1. The number of amides is 1. The molecule has 1 amide bonds. The predicted molar refractivity (Wildman–Crippen MR) is 119 cm³/mol. The van der Waals surface area contributed by atoms with Crippen LogP contribution in [0.3, 0.4) is 0 Å². The standard InChI is InChI=1S/C20H22N6O2.2ClH/c27-20(19-13-26(25-24-19)17-7-10-21-11-8-17)23-15-5-3-6-18(12-15)28-14-16-4-1-2-9-22-16;;/h1-6,9,12-13,17,21H,7-8,10-11,14H2,(H,23,27);2*1H. The van der Waals surface area contributed by atoms with Crippen LogP contribution in [0.4, 0.5) is 5.69 Å². The second kappa shape index (κ2) is 11.5. The quantitative estimate of drug-likeness (QED) is 0.598. The molecule has 1 fully saturated rings. The first-order chi connectivity index (χ1) is 13.8. The molecule has 1 aliphatic rings. The van der Waals surface area contributed by atoms with E-state index < -0.39 is 0 Å². The Morgan fingerprint density at radius 1 is 1.17 bits per heavy atom. The van der Waals surface area contributed by atoms with Gasteiger partial charge in [-0.3, -0.25) is 9.78 Å². The first-order valence-corrected chi connectivity index (χ1v) is 9.34. The van der Waals surface area contributed by atoms with Crippen molar-refractivity contribution in [3.63, 3.8) is 0 Å². The van der Waals surface area contributed by atoms with Gasteiger partial charge in [0.1, 0.15) is 12.4 Å². The molecule has 2 aromatic heterocycles. The lowest BCUT2D eigenvalue weighted by Crippen LogP contribution is -2.29. The number of hydrogen-bond donors (Lipinski definition) is 2. The zero-order valence-corrected chi connectivity index (χ0v) is 17.9. The van der Waals surface area contributed by atoms with E-state index in [0.717, 1.165) is 31.6 Å². The van der Waals surface area contributed by atoms with Crippen molar-refractivity contribution >= 4 is 36.4 Å². The Bertz CT molecular complexity index is 932. The second-order valence-electron chi connectivity index (χ2n) is 6.66. The maximum Gasteiger partial charge on any atom is 0.277 e. The molecule has 0 aliphatic carbocycles. The Balaban J connectivity index is 0.00000160. The topological polar surface area (TPSA) is 94.0 Å². The third-order valence-corrected chi connectivity index (χ3v) is 4.63. The number of ether oxygens (including phenoxy) is 1. The van der Waals surface area contributed by atoms with Gasteiger partial charge in [-0.05, 0) is 50.2 Å². The molecule has 30 heavy (non-hydrogen) atoms. The summed E-state index contributed by atoms with van der Waals surface area (Å²) >= 11 is 0. The SMILES string of the molecule is Cl.Cl.O=C(Nc1cccc(OCc2ccccn2)c1)c1cn(C2CCNCC2)nn1. The maximum atomic E-state index is 12.5. The summed E-state index contributed by atoms with van der Waals surface area (Å²) in [4.78, 5) is 16.7. The van der Waals surface area contributed by atoms with Crippen molar-refractivity contribution < 1.29 is 9.53 Å². The molecule has 3 heterocycles. The number of carbonyl (C=O) groups excluding carboxylic acids is 1. The summed E-state index contributed by atoms with van der Waals surface area (Å²) in [6.45, 7) is 2.28. The molecule has 1 aliphatic heterocycles. The Labute approximate surface area is 187 Å². The first kappa shape index (κ1) is 23.6. The molecule has 4 rings (SSSR count). The van der Waals surface area contributed by atoms with E-state index in [2.05, 4.69) is 25.9 Å². The number of halogens is 2. The van der Waals surface area contributed by atoms with Gasteiger partial charge in [0.05, 0.1) is 17.9 Å². The van der Waals surface area contributed by atoms with Crippen molar-refractivity contribution in [3.8, 4) is 5.75 Å². The fourth-order valence-corrected chi connectivity index (χ4v) is 3.13. The minimum Gasteiger partial charge on any atom is -0.487 e. The number of carbonyl (C=O) groups is 1. The molecule has 3 aromatic rings. The monoisotopic (exact) mass is 450 g/mol. The van der Waals surface area contributed by atoms with Crippen LogP contribution in [0, 0.1) is 0 Å². The number of benzene rings is 1. The zero-order valence-electron chi connectivity index (χ0n) is 16.2. The first-order valence-electron chi connectivity index (χ1n) is 9.34. The molecule has 0 bridgehead atoms. The van der Waals surface area contributed by atoms with Gasteiger partial charge >= 0.3 is 0 Å². The molecule has 0 spiro atoms. The Morgan fingerprint density at radius 3 is 2.77 bits per heavy atom. The normalized spacial score (nSPS) is 13.6. The van der Waals surface area contributed by atoms with E-state index in [9.17, 15) is 4.79 Å². The van der Waals surface area contributed by atoms with Gasteiger partial charge in [-0.15, -0.1) is 29.9 Å². The van der Waals surface area contributed by atoms with E-state index in [4.69, 9.17) is 4.74 Å². The summed E-state index contributed by atoms with van der Waals surface area (Å²) in [5.74, 6) is 0.365. The molecule has 0 atom stereocenters. The van der Waals surface area contributed by atoms with Gasteiger partial charge in [-0.25, -0.2) is 4.68 Å². The van der Waals surface area contributed by atoms with Crippen LogP contribution in [0.2, 0.25) is 0 Å². The molecule has 10 heteroatoms. The summed E-state index contributed by atoms with van der Waals surface area (Å²) in [7, 11) is 0. The number of pyridine rings is 1. The zero-order chi connectivity index (χ0) is 19.2. The van der Waals surface area contributed by atoms with Gasteiger partial charge in [0.2, 0.25) is 0 Å². The highest BCUT2D eigenvalue weighted by molar-refractivity contribution is 6.02. The number of anilines is 1. The van der Waals surface area contributed by atoms with E-state index in [1.165, 1.54) is 0 Å². The molecule has 0 saturated carbocycles. The maximum absolute atomic E-state index is 12.5. The van der Waals surface area contributed by atoms with Crippen LogP contribution in [0.15, 0.2) is 54.9 Å². The number of aromatic nitrogens is 4. The fraction of sp³-hybridized carbons (Fsp3) is 0.300. The summed E-state index contributed by atoms with van der Waals surface area (Å²) in [5, 5.41) is 14.3. The summed E-state index contributed by atoms with van der Waals surface area (Å²) < 4.78 is 7.55. The molecule has 1 saturated heterocycles. The van der Waals surface area contributed by atoms with E-state index in [0.29, 0.717) is 29.8 Å². The highest BCUT2D eigenvalue weighted by Crippen LogP contribution is 2.20. The molecule has 8 nitrogen and oxygen atoms in total. The number of hydrogen-bond acceptors (Lipinski definition) is 6. The summed E-state index contributed by atoms with van der Waals surface area (Å²) in [5.41, 5.74) is 1.78. The molecule has 160 valence electrons.